The van der Waals surface area contributed by atoms with E-state index in [1.807, 2.05) is 6.92 Å². The summed E-state index contributed by atoms with van der Waals surface area (Å²) in [5, 5.41) is 2.78. The van der Waals surface area contributed by atoms with Gasteiger partial charge in [0.1, 0.15) is 6.04 Å². The molecule has 1 aliphatic heterocycles. The van der Waals surface area contributed by atoms with E-state index in [9.17, 15) is 9.59 Å². The van der Waals surface area contributed by atoms with Crippen LogP contribution in [0.4, 0.5) is 0 Å². The molecule has 0 aromatic rings. The predicted octanol–water partition coefficient (Wildman–Crippen LogP) is 1.63. The molecule has 0 radical (unpaired) electrons. The topological polar surface area (TPSA) is 55.4 Å². The van der Waals surface area contributed by atoms with Crippen LogP contribution in [-0.2, 0) is 14.3 Å². The fourth-order valence-electron chi connectivity index (χ4n) is 1.89. The van der Waals surface area contributed by atoms with Crippen molar-refractivity contribution in [2.75, 3.05) is 6.61 Å². The second-order valence-electron chi connectivity index (χ2n) is 4.26. The van der Waals surface area contributed by atoms with Crippen molar-refractivity contribution in [3.8, 4) is 0 Å². The van der Waals surface area contributed by atoms with Crippen LogP contribution in [-0.4, -0.2) is 24.5 Å². The van der Waals surface area contributed by atoms with Crippen molar-refractivity contribution in [2.24, 2.45) is 5.92 Å². The summed E-state index contributed by atoms with van der Waals surface area (Å²) in [6.45, 7) is 4.54. The maximum absolute atomic E-state index is 11.9. The van der Waals surface area contributed by atoms with Crippen molar-refractivity contribution in [3.63, 3.8) is 0 Å². The Hall–Kier alpha value is -1.06. The lowest BCUT2D eigenvalue weighted by atomic mass is 9.98. The molecule has 1 amide bonds. The van der Waals surface area contributed by atoms with E-state index in [2.05, 4.69) is 12.2 Å². The molecule has 0 aromatic carbocycles. The Morgan fingerprint density at radius 2 is 2.31 bits per heavy atom. The third-order valence-electron chi connectivity index (χ3n) is 3.02. The first-order valence-corrected chi connectivity index (χ1v) is 6.16. The van der Waals surface area contributed by atoms with Crippen LogP contribution in [0.5, 0.6) is 0 Å². The van der Waals surface area contributed by atoms with E-state index in [0.717, 1.165) is 25.7 Å². The number of nitrogens with one attached hydrogen (secondary N) is 1. The van der Waals surface area contributed by atoms with Gasteiger partial charge >= 0.3 is 5.97 Å². The molecule has 2 atom stereocenters. The van der Waals surface area contributed by atoms with E-state index < -0.39 is 6.04 Å². The average Bonchev–Trinajstić information content (AvgIpc) is 2.65. The van der Waals surface area contributed by atoms with Crippen LogP contribution in [0.2, 0.25) is 0 Å². The number of unbranched alkanes of at least 4 members (excludes halogenated alkanes) is 1. The van der Waals surface area contributed by atoms with Crippen molar-refractivity contribution < 1.29 is 14.3 Å². The zero-order valence-electron chi connectivity index (χ0n) is 10.1. The zero-order valence-corrected chi connectivity index (χ0v) is 10.1. The second-order valence-corrected chi connectivity index (χ2v) is 4.26. The van der Waals surface area contributed by atoms with Gasteiger partial charge in [-0.3, -0.25) is 4.79 Å². The minimum Gasteiger partial charge on any atom is -0.464 e. The predicted molar refractivity (Wildman–Crippen MR) is 60.8 cm³/mol. The summed E-state index contributed by atoms with van der Waals surface area (Å²) >= 11 is 0. The van der Waals surface area contributed by atoms with Crippen LogP contribution in [0.15, 0.2) is 0 Å². The lowest BCUT2D eigenvalue weighted by molar-refractivity contribution is -0.142. The zero-order chi connectivity index (χ0) is 12.0. The Labute approximate surface area is 96.7 Å². The maximum Gasteiger partial charge on any atom is 0.328 e. The van der Waals surface area contributed by atoms with Gasteiger partial charge in [-0.25, -0.2) is 4.79 Å². The summed E-state index contributed by atoms with van der Waals surface area (Å²) in [5.41, 5.74) is 0. The van der Waals surface area contributed by atoms with Gasteiger partial charge in [-0.15, -0.1) is 0 Å². The lowest BCUT2D eigenvalue weighted by Crippen LogP contribution is -2.41. The van der Waals surface area contributed by atoms with E-state index >= 15 is 0 Å². The number of hydrogen-bond donors (Lipinski definition) is 1. The standard InChI is InChI=1S/C12H21NO3/c1-3-5-6-9(4-2)11(14)13-10-7-8-16-12(10)15/h9-10H,3-8H2,1-2H3,(H,13,14). The number of carbonyl (C=O) groups is 2. The first-order valence-electron chi connectivity index (χ1n) is 6.16. The normalized spacial score (nSPS) is 21.6. The van der Waals surface area contributed by atoms with E-state index in [-0.39, 0.29) is 17.8 Å². The Morgan fingerprint density at radius 1 is 1.56 bits per heavy atom. The van der Waals surface area contributed by atoms with Crippen molar-refractivity contribution in [1.29, 1.82) is 0 Å². The molecule has 0 spiro atoms. The third kappa shape index (κ3) is 3.51. The van der Waals surface area contributed by atoms with Gasteiger partial charge < -0.3 is 10.1 Å². The molecule has 1 saturated heterocycles. The van der Waals surface area contributed by atoms with Gasteiger partial charge in [0.2, 0.25) is 5.91 Å². The molecule has 0 aliphatic carbocycles. The van der Waals surface area contributed by atoms with Crippen molar-refractivity contribution in [2.45, 2.75) is 52.0 Å². The number of hydrogen-bond acceptors (Lipinski definition) is 3. The molecule has 1 fully saturated rings. The van der Waals surface area contributed by atoms with Gasteiger partial charge in [0.25, 0.3) is 0 Å². The number of amides is 1. The van der Waals surface area contributed by atoms with Crippen LogP contribution in [0.3, 0.4) is 0 Å². The molecule has 4 nitrogen and oxygen atoms in total. The molecular formula is C12H21NO3. The van der Waals surface area contributed by atoms with Crippen LogP contribution in [0, 0.1) is 5.92 Å². The smallest absolute Gasteiger partial charge is 0.328 e. The van der Waals surface area contributed by atoms with Gasteiger partial charge in [-0.1, -0.05) is 26.7 Å². The van der Waals surface area contributed by atoms with Gasteiger partial charge in [0, 0.05) is 12.3 Å². The summed E-state index contributed by atoms with van der Waals surface area (Å²) < 4.78 is 4.81. The fraction of sp³-hybridized carbons (Fsp3) is 0.833. The molecule has 1 aliphatic rings. The molecular weight excluding hydrogens is 206 g/mol. The minimum atomic E-state index is -0.414. The quantitative estimate of drug-likeness (QED) is 0.702. The van der Waals surface area contributed by atoms with E-state index in [1.54, 1.807) is 0 Å². The van der Waals surface area contributed by atoms with Crippen molar-refractivity contribution >= 4 is 11.9 Å². The first-order chi connectivity index (χ1) is 7.69. The Bertz CT molecular complexity index is 253. The number of cyclic esters (lactones) is 1. The van der Waals surface area contributed by atoms with Crippen LogP contribution < -0.4 is 5.32 Å². The average molecular weight is 227 g/mol. The Balaban J connectivity index is 2.39. The number of esters is 1. The van der Waals surface area contributed by atoms with E-state index in [1.165, 1.54) is 0 Å². The van der Waals surface area contributed by atoms with Gasteiger partial charge in [0.15, 0.2) is 0 Å². The van der Waals surface area contributed by atoms with Crippen molar-refractivity contribution in [1.82, 2.24) is 5.32 Å². The molecule has 1 rings (SSSR count). The summed E-state index contributed by atoms with van der Waals surface area (Å²) in [6, 6.07) is -0.414. The summed E-state index contributed by atoms with van der Waals surface area (Å²) in [7, 11) is 0. The highest BCUT2D eigenvalue weighted by Gasteiger charge is 2.29. The highest BCUT2D eigenvalue weighted by molar-refractivity contribution is 5.86. The monoisotopic (exact) mass is 227 g/mol. The molecule has 0 aromatic heterocycles. The minimum absolute atomic E-state index is 0.000185. The molecule has 1 heterocycles. The first kappa shape index (κ1) is 13.0. The van der Waals surface area contributed by atoms with Crippen LogP contribution >= 0.6 is 0 Å². The Morgan fingerprint density at radius 3 is 2.81 bits per heavy atom. The highest BCUT2D eigenvalue weighted by Crippen LogP contribution is 2.14. The second kappa shape index (κ2) is 6.51. The third-order valence-corrected chi connectivity index (χ3v) is 3.02. The SMILES string of the molecule is CCCCC(CC)C(=O)NC1CCOC1=O. The van der Waals surface area contributed by atoms with Gasteiger partial charge in [0.05, 0.1) is 6.61 Å². The fourth-order valence-corrected chi connectivity index (χ4v) is 1.89. The number of ether oxygens (including phenoxy) is 1. The Kier molecular flexibility index (Phi) is 5.29. The van der Waals surface area contributed by atoms with Crippen LogP contribution in [0.1, 0.15) is 46.0 Å². The molecule has 4 heteroatoms. The number of carbonyl (C=O) groups excluding carboxylic acids is 2. The van der Waals surface area contributed by atoms with Gasteiger partial charge in [-0.2, -0.15) is 0 Å². The molecule has 16 heavy (non-hydrogen) atoms. The van der Waals surface area contributed by atoms with E-state index in [0.29, 0.717) is 13.0 Å². The molecule has 2 unspecified atom stereocenters. The summed E-state index contributed by atoms with van der Waals surface area (Å²) in [6.07, 6.45) is 4.49. The lowest BCUT2D eigenvalue weighted by Gasteiger charge is -2.16. The van der Waals surface area contributed by atoms with Crippen LogP contribution in [0.25, 0.3) is 0 Å². The molecule has 0 saturated carbocycles. The largest absolute Gasteiger partial charge is 0.464 e. The molecule has 0 bridgehead atoms. The molecule has 92 valence electrons. The number of rotatable bonds is 6. The summed E-state index contributed by atoms with van der Waals surface area (Å²) in [5.74, 6) is -0.258. The van der Waals surface area contributed by atoms with Crippen molar-refractivity contribution in [3.05, 3.63) is 0 Å². The highest BCUT2D eigenvalue weighted by atomic mass is 16.5. The molecule has 1 N–H and O–H groups in total. The maximum atomic E-state index is 11.9. The van der Waals surface area contributed by atoms with E-state index in [4.69, 9.17) is 4.74 Å². The summed E-state index contributed by atoms with van der Waals surface area (Å²) in [4.78, 5) is 23.1. The van der Waals surface area contributed by atoms with Gasteiger partial charge in [-0.05, 0) is 12.8 Å².